The summed E-state index contributed by atoms with van der Waals surface area (Å²) in [7, 11) is 8.38. The molecule has 0 spiro atoms. The SMILES string of the molecule is [B]C(O)(c1cc(OC)c(Br)cc1OC)C(O)(O)NC(=O)OC(C)(C)C. The maximum Gasteiger partial charge on any atom is 0.411 e. The van der Waals surface area contributed by atoms with Gasteiger partial charge < -0.3 is 29.5 Å². The first-order chi connectivity index (χ1) is 11.2. The summed E-state index contributed by atoms with van der Waals surface area (Å²) in [5.74, 6) is -3.01. The van der Waals surface area contributed by atoms with Gasteiger partial charge in [-0.2, -0.15) is 0 Å². The third kappa shape index (κ3) is 5.00. The Labute approximate surface area is 155 Å². The molecule has 1 atom stereocenters. The van der Waals surface area contributed by atoms with E-state index in [1.807, 2.05) is 0 Å². The van der Waals surface area contributed by atoms with Crippen molar-refractivity contribution in [2.24, 2.45) is 0 Å². The van der Waals surface area contributed by atoms with Crippen molar-refractivity contribution in [3.05, 3.63) is 22.2 Å². The summed E-state index contributed by atoms with van der Waals surface area (Å²) < 4.78 is 15.6. The molecule has 0 saturated carbocycles. The van der Waals surface area contributed by atoms with Crippen LogP contribution in [0.2, 0.25) is 0 Å². The monoisotopic (exact) mass is 417 g/mol. The Morgan fingerprint density at radius 3 is 2.08 bits per heavy atom. The first kappa shape index (κ1) is 21.6. The molecule has 10 heteroatoms. The fourth-order valence-electron chi connectivity index (χ4n) is 1.89. The van der Waals surface area contributed by atoms with Crippen molar-refractivity contribution in [1.29, 1.82) is 0 Å². The Kier molecular flexibility index (Phi) is 6.39. The molecule has 0 aliphatic rings. The summed E-state index contributed by atoms with van der Waals surface area (Å²) in [6, 6.07) is 2.65. The van der Waals surface area contributed by atoms with Crippen LogP contribution >= 0.6 is 15.9 Å². The molecule has 0 aliphatic carbocycles. The normalized spacial score (nSPS) is 14.4. The average Bonchev–Trinajstić information content (AvgIpc) is 2.43. The number of hydrogen-bond donors (Lipinski definition) is 4. The van der Waals surface area contributed by atoms with Crippen LogP contribution in [0.15, 0.2) is 16.6 Å². The standard InChI is InChI=1S/C15H21BBrNO7/c1-13(2,3)25-12(19)18-15(21,22)14(16,20)8-6-11(24-5)9(17)7-10(8)23-4/h6-7,20-22H,1-5H3,(H,18,19). The van der Waals surface area contributed by atoms with Crippen molar-refractivity contribution < 1.29 is 34.3 Å². The largest absolute Gasteiger partial charge is 0.496 e. The highest BCUT2D eigenvalue weighted by Crippen LogP contribution is 2.40. The number of alkyl carbamates (subject to hydrolysis) is 1. The number of rotatable bonds is 5. The second kappa shape index (κ2) is 7.41. The Morgan fingerprint density at radius 1 is 1.12 bits per heavy atom. The molecule has 0 saturated heterocycles. The van der Waals surface area contributed by atoms with E-state index in [0.29, 0.717) is 4.47 Å². The van der Waals surface area contributed by atoms with Crippen LogP contribution in [0.1, 0.15) is 26.3 Å². The summed E-state index contributed by atoms with van der Waals surface area (Å²) in [6.07, 6.45) is -1.19. The molecule has 2 radical (unpaired) electrons. The predicted octanol–water partition coefficient (Wildman–Crippen LogP) is 0.943. The van der Waals surface area contributed by atoms with Gasteiger partial charge in [0.05, 0.1) is 18.7 Å². The molecule has 0 heterocycles. The van der Waals surface area contributed by atoms with Crippen molar-refractivity contribution >= 4 is 29.9 Å². The third-order valence-corrected chi connectivity index (χ3v) is 3.71. The lowest BCUT2D eigenvalue weighted by molar-refractivity contribution is -0.262. The van der Waals surface area contributed by atoms with Gasteiger partial charge in [0.1, 0.15) is 30.4 Å². The predicted molar refractivity (Wildman–Crippen MR) is 93.4 cm³/mol. The van der Waals surface area contributed by atoms with E-state index >= 15 is 0 Å². The second-order valence-electron chi connectivity index (χ2n) is 6.25. The highest BCUT2D eigenvalue weighted by Gasteiger charge is 2.49. The van der Waals surface area contributed by atoms with Crippen LogP contribution < -0.4 is 14.8 Å². The third-order valence-electron chi connectivity index (χ3n) is 3.09. The maximum atomic E-state index is 11.8. The first-order valence-electron chi connectivity index (χ1n) is 7.14. The Hall–Kier alpha value is -1.49. The van der Waals surface area contributed by atoms with Gasteiger partial charge in [-0.3, -0.25) is 5.32 Å². The van der Waals surface area contributed by atoms with Crippen molar-refractivity contribution in [2.75, 3.05) is 14.2 Å². The van der Waals surface area contributed by atoms with E-state index < -0.39 is 23.1 Å². The van der Waals surface area contributed by atoms with Gasteiger partial charge in [-0.05, 0) is 48.8 Å². The molecule has 1 aromatic carbocycles. The number of carbonyl (C=O) groups is 1. The summed E-state index contributed by atoms with van der Waals surface area (Å²) in [5.41, 5.74) is -4.00. The maximum absolute atomic E-state index is 11.8. The Bertz CT molecular complexity index is 644. The molecule has 1 rings (SSSR count). The second-order valence-corrected chi connectivity index (χ2v) is 7.11. The minimum absolute atomic E-state index is 0.0242. The van der Waals surface area contributed by atoms with E-state index in [4.69, 9.17) is 22.1 Å². The van der Waals surface area contributed by atoms with Crippen molar-refractivity contribution in [2.45, 2.75) is 37.8 Å². The Morgan fingerprint density at radius 2 is 1.64 bits per heavy atom. The van der Waals surface area contributed by atoms with Gasteiger partial charge in [0.15, 0.2) is 0 Å². The van der Waals surface area contributed by atoms with Crippen LogP contribution in [0, 0.1) is 0 Å². The van der Waals surface area contributed by atoms with Crippen LogP contribution in [0.4, 0.5) is 4.79 Å². The molecule has 138 valence electrons. The first-order valence-corrected chi connectivity index (χ1v) is 7.93. The zero-order chi connectivity index (χ0) is 19.6. The average molecular weight is 418 g/mol. The molecule has 8 nitrogen and oxygen atoms in total. The zero-order valence-electron chi connectivity index (χ0n) is 14.6. The number of hydrogen-bond acceptors (Lipinski definition) is 7. The Balaban J connectivity index is 3.27. The number of benzene rings is 1. The van der Waals surface area contributed by atoms with Gasteiger partial charge >= 0.3 is 6.09 Å². The van der Waals surface area contributed by atoms with Crippen LogP contribution in [-0.4, -0.2) is 55.0 Å². The van der Waals surface area contributed by atoms with Gasteiger partial charge in [0.25, 0.3) is 5.91 Å². The number of ether oxygens (including phenoxy) is 3. The number of aliphatic hydroxyl groups is 3. The molecule has 0 aliphatic heterocycles. The topological polar surface area (TPSA) is 117 Å². The molecule has 25 heavy (non-hydrogen) atoms. The van der Waals surface area contributed by atoms with Gasteiger partial charge in [-0.25, -0.2) is 4.79 Å². The minimum Gasteiger partial charge on any atom is -0.496 e. The highest BCUT2D eigenvalue weighted by atomic mass is 79.9. The van der Waals surface area contributed by atoms with Gasteiger partial charge in [-0.1, -0.05) is 0 Å². The van der Waals surface area contributed by atoms with E-state index in [-0.39, 0.29) is 17.1 Å². The van der Waals surface area contributed by atoms with E-state index in [1.54, 1.807) is 26.1 Å². The van der Waals surface area contributed by atoms with Crippen LogP contribution in [-0.2, 0) is 10.2 Å². The zero-order valence-corrected chi connectivity index (χ0v) is 16.2. The number of nitrogens with one attached hydrogen (secondary N) is 1. The van der Waals surface area contributed by atoms with Crippen molar-refractivity contribution in [3.63, 3.8) is 0 Å². The van der Waals surface area contributed by atoms with Crippen molar-refractivity contribution in [3.8, 4) is 11.5 Å². The van der Waals surface area contributed by atoms with Gasteiger partial charge in [0, 0.05) is 5.56 Å². The molecule has 0 bridgehead atoms. The summed E-state index contributed by atoms with van der Waals surface area (Å²) in [4.78, 5) is 11.8. The number of halogens is 1. The lowest BCUT2D eigenvalue weighted by Crippen LogP contribution is -2.63. The van der Waals surface area contributed by atoms with E-state index in [2.05, 4.69) is 15.9 Å². The highest BCUT2D eigenvalue weighted by molar-refractivity contribution is 9.10. The fraction of sp³-hybridized carbons (Fsp3) is 0.533. The van der Waals surface area contributed by atoms with Gasteiger partial charge in [-0.15, -0.1) is 0 Å². The van der Waals surface area contributed by atoms with Crippen LogP contribution in [0.3, 0.4) is 0 Å². The molecule has 0 aromatic heterocycles. The van der Waals surface area contributed by atoms with E-state index in [0.717, 1.165) is 0 Å². The minimum atomic E-state index is -3.28. The molecule has 1 amide bonds. The molecule has 1 unspecified atom stereocenters. The molecular weight excluding hydrogens is 397 g/mol. The van der Waals surface area contributed by atoms with E-state index in [9.17, 15) is 20.1 Å². The summed E-state index contributed by atoms with van der Waals surface area (Å²) >= 11 is 3.23. The van der Waals surface area contributed by atoms with Crippen LogP contribution in [0.25, 0.3) is 0 Å². The smallest absolute Gasteiger partial charge is 0.411 e. The van der Waals surface area contributed by atoms with E-state index in [1.165, 1.54) is 26.4 Å². The van der Waals surface area contributed by atoms with Gasteiger partial charge in [0.2, 0.25) is 0 Å². The summed E-state index contributed by atoms with van der Waals surface area (Å²) in [6.45, 7) is 4.75. The number of carbonyl (C=O) groups excluding carboxylic acids is 1. The number of amides is 1. The number of methoxy groups -OCH3 is 2. The van der Waals surface area contributed by atoms with Crippen LogP contribution in [0.5, 0.6) is 11.5 Å². The fourth-order valence-corrected chi connectivity index (χ4v) is 2.37. The lowest BCUT2D eigenvalue weighted by atomic mass is 9.72. The molecule has 4 N–H and O–H groups in total. The lowest BCUT2D eigenvalue weighted by Gasteiger charge is -2.38. The molecular formula is C15H21BBrNO7. The molecule has 1 aromatic rings. The van der Waals surface area contributed by atoms with Crippen molar-refractivity contribution in [1.82, 2.24) is 5.32 Å². The summed E-state index contributed by atoms with van der Waals surface area (Å²) in [5, 5.41) is 32.6. The molecule has 0 fully saturated rings. The quantitative estimate of drug-likeness (QED) is 0.416.